The Kier molecular flexibility index (Phi) is 8.97. The first-order valence-corrected chi connectivity index (χ1v) is 13.9. The van der Waals surface area contributed by atoms with Crippen LogP contribution in [0.2, 0.25) is 0 Å². The lowest BCUT2D eigenvalue weighted by Gasteiger charge is -2.24. The number of alkyl carbamates (subject to hydrolysis) is 1. The zero-order chi connectivity index (χ0) is 28.0. The van der Waals surface area contributed by atoms with Crippen molar-refractivity contribution in [2.75, 3.05) is 12.4 Å². The van der Waals surface area contributed by atoms with E-state index in [0.29, 0.717) is 0 Å². The molecule has 0 fully saturated rings. The molecule has 1 aliphatic rings. The second kappa shape index (κ2) is 12.4. The van der Waals surface area contributed by atoms with Crippen LogP contribution in [-0.4, -0.2) is 52.3 Å². The van der Waals surface area contributed by atoms with Gasteiger partial charge in [0.1, 0.15) is 18.7 Å². The molecule has 0 aromatic heterocycles. The molecule has 0 saturated heterocycles. The average molecular weight is 547 g/mol. The summed E-state index contributed by atoms with van der Waals surface area (Å²) >= 11 is 1.45. The summed E-state index contributed by atoms with van der Waals surface area (Å²) in [7, 11) is 0. The number of carbonyl (C=O) groups is 3. The van der Waals surface area contributed by atoms with Crippen molar-refractivity contribution in [3.8, 4) is 11.1 Å². The van der Waals surface area contributed by atoms with Gasteiger partial charge in [-0.15, -0.1) is 0 Å². The van der Waals surface area contributed by atoms with Crippen molar-refractivity contribution < 1.29 is 24.2 Å². The summed E-state index contributed by atoms with van der Waals surface area (Å²) in [5, 5.41) is 15.0. The van der Waals surface area contributed by atoms with Crippen LogP contribution in [0.15, 0.2) is 78.9 Å². The van der Waals surface area contributed by atoms with Gasteiger partial charge in [-0.1, -0.05) is 99.6 Å². The predicted octanol–water partition coefficient (Wildman–Crippen LogP) is 5.24. The number of rotatable bonds is 10. The van der Waals surface area contributed by atoms with E-state index in [-0.39, 0.29) is 29.4 Å². The molecule has 2 atom stereocenters. The van der Waals surface area contributed by atoms with E-state index in [1.807, 2.05) is 87.5 Å². The molecule has 0 bridgehead atoms. The Bertz CT molecular complexity index is 1280. The summed E-state index contributed by atoms with van der Waals surface area (Å²) in [5.41, 5.74) is 5.25. The van der Waals surface area contributed by atoms with E-state index < -0.39 is 30.1 Å². The van der Waals surface area contributed by atoms with E-state index >= 15 is 0 Å². The topological polar surface area (TPSA) is 105 Å². The van der Waals surface area contributed by atoms with Crippen LogP contribution in [0, 0.1) is 0 Å². The fourth-order valence-electron chi connectivity index (χ4n) is 4.62. The maximum atomic E-state index is 13.3. The van der Waals surface area contributed by atoms with Crippen molar-refractivity contribution in [2.45, 2.75) is 49.9 Å². The molecule has 39 heavy (non-hydrogen) atoms. The first kappa shape index (κ1) is 28.2. The van der Waals surface area contributed by atoms with Crippen molar-refractivity contribution in [3.63, 3.8) is 0 Å². The molecular weight excluding hydrogens is 512 g/mol. The fourth-order valence-corrected chi connectivity index (χ4v) is 5.51. The largest absolute Gasteiger partial charge is 0.480 e. The van der Waals surface area contributed by atoms with E-state index in [1.54, 1.807) is 0 Å². The van der Waals surface area contributed by atoms with Gasteiger partial charge in [0, 0.05) is 22.8 Å². The number of hydrogen-bond acceptors (Lipinski definition) is 5. The van der Waals surface area contributed by atoms with E-state index in [0.717, 1.165) is 27.8 Å². The first-order chi connectivity index (χ1) is 18.6. The fraction of sp³-hybridized carbons (Fsp3) is 0.323. The SMILES string of the molecule is CC(C)(C)SCC(NC(=O)C(Cc1ccccc1)NC(=O)OCC1c2ccccc2-c2ccccc21)C(=O)O. The van der Waals surface area contributed by atoms with Gasteiger partial charge in [0.15, 0.2) is 0 Å². The summed E-state index contributed by atoms with van der Waals surface area (Å²) in [6.07, 6.45) is -0.542. The normalized spacial score (nSPS) is 14.0. The number of nitrogens with one attached hydrogen (secondary N) is 2. The van der Waals surface area contributed by atoms with Gasteiger partial charge in [0.05, 0.1) is 0 Å². The third kappa shape index (κ3) is 7.41. The minimum atomic E-state index is -1.13. The monoisotopic (exact) mass is 546 g/mol. The summed E-state index contributed by atoms with van der Waals surface area (Å²) in [6.45, 7) is 6.05. The lowest BCUT2D eigenvalue weighted by molar-refractivity contribution is -0.141. The van der Waals surface area contributed by atoms with Gasteiger partial charge in [-0.05, 0) is 27.8 Å². The minimum absolute atomic E-state index is 0.111. The summed E-state index contributed by atoms with van der Waals surface area (Å²) < 4.78 is 5.49. The summed E-state index contributed by atoms with van der Waals surface area (Å²) in [5.74, 6) is -1.61. The predicted molar refractivity (Wildman–Crippen MR) is 154 cm³/mol. The Balaban J connectivity index is 1.45. The lowest BCUT2D eigenvalue weighted by atomic mass is 9.98. The van der Waals surface area contributed by atoms with Crippen molar-refractivity contribution >= 4 is 29.7 Å². The van der Waals surface area contributed by atoms with Crippen LogP contribution in [0.25, 0.3) is 11.1 Å². The molecule has 0 heterocycles. The van der Waals surface area contributed by atoms with Gasteiger partial charge in [-0.3, -0.25) is 4.79 Å². The molecule has 1 aliphatic carbocycles. The molecule has 8 heteroatoms. The highest BCUT2D eigenvalue weighted by molar-refractivity contribution is 8.00. The van der Waals surface area contributed by atoms with Crippen LogP contribution in [-0.2, 0) is 20.7 Å². The molecule has 4 rings (SSSR count). The molecule has 0 spiro atoms. The molecule has 3 N–H and O–H groups in total. The number of thioether (sulfide) groups is 1. The highest BCUT2D eigenvalue weighted by Gasteiger charge is 2.31. The molecule has 2 unspecified atom stereocenters. The van der Waals surface area contributed by atoms with Gasteiger partial charge in [0.2, 0.25) is 5.91 Å². The van der Waals surface area contributed by atoms with Crippen LogP contribution in [0.5, 0.6) is 0 Å². The standard InChI is InChI=1S/C31H34N2O5S/c1-31(2,3)39-19-27(29(35)36)32-28(34)26(17-20-11-5-4-6-12-20)33-30(37)38-18-25-23-15-9-7-13-21(23)22-14-8-10-16-24(22)25/h4-16,25-27H,17-19H2,1-3H3,(H,32,34)(H,33,37)(H,35,36). The van der Waals surface area contributed by atoms with E-state index in [4.69, 9.17) is 4.74 Å². The number of benzene rings is 3. The molecular formula is C31H34N2O5S. The number of carboxylic acid groups (broad SMARTS) is 1. The molecule has 0 radical (unpaired) electrons. The third-order valence-electron chi connectivity index (χ3n) is 6.53. The van der Waals surface area contributed by atoms with Gasteiger partial charge in [-0.2, -0.15) is 11.8 Å². The number of ether oxygens (including phenoxy) is 1. The maximum Gasteiger partial charge on any atom is 0.407 e. The Morgan fingerprint density at radius 2 is 1.41 bits per heavy atom. The highest BCUT2D eigenvalue weighted by Crippen LogP contribution is 2.44. The number of hydrogen-bond donors (Lipinski definition) is 3. The van der Waals surface area contributed by atoms with Crippen molar-refractivity contribution in [2.24, 2.45) is 0 Å². The molecule has 0 saturated carbocycles. The van der Waals surface area contributed by atoms with Crippen LogP contribution in [0.4, 0.5) is 4.79 Å². The Morgan fingerprint density at radius 3 is 1.97 bits per heavy atom. The quantitative estimate of drug-likeness (QED) is 0.321. The average Bonchev–Trinajstić information content (AvgIpc) is 3.23. The highest BCUT2D eigenvalue weighted by atomic mass is 32.2. The number of amides is 2. The Morgan fingerprint density at radius 1 is 0.846 bits per heavy atom. The van der Waals surface area contributed by atoms with E-state index in [1.165, 1.54) is 11.8 Å². The van der Waals surface area contributed by atoms with E-state index in [2.05, 4.69) is 22.8 Å². The second-order valence-corrected chi connectivity index (χ2v) is 12.4. The number of fused-ring (bicyclic) bond motifs is 3. The van der Waals surface area contributed by atoms with Crippen LogP contribution < -0.4 is 10.6 Å². The van der Waals surface area contributed by atoms with Gasteiger partial charge < -0.3 is 20.5 Å². The molecule has 3 aromatic rings. The summed E-state index contributed by atoms with van der Waals surface area (Å²) in [4.78, 5) is 38.1. The molecule has 2 amide bonds. The molecule has 7 nitrogen and oxygen atoms in total. The second-order valence-electron chi connectivity index (χ2n) is 10.5. The molecule has 204 valence electrons. The number of carbonyl (C=O) groups excluding carboxylic acids is 2. The molecule has 3 aromatic carbocycles. The van der Waals surface area contributed by atoms with Gasteiger partial charge in [-0.25, -0.2) is 9.59 Å². The zero-order valence-corrected chi connectivity index (χ0v) is 23.2. The first-order valence-electron chi connectivity index (χ1n) is 12.9. The van der Waals surface area contributed by atoms with Crippen LogP contribution in [0.1, 0.15) is 43.4 Å². The smallest absolute Gasteiger partial charge is 0.407 e. The van der Waals surface area contributed by atoms with Crippen LogP contribution >= 0.6 is 11.8 Å². The Hall–Kier alpha value is -3.78. The maximum absolute atomic E-state index is 13.3. The number of carboxylic acids is 1. The van der Waals surface area contributed by atoms with Crippen molar-refractivity contribution in [1.29, 1.82) is 0 Å². The lowest BCUT2D eigenvalue weighted by Crippen LogP contribution is -2.53. The third-order valence-corrected chi connectivity index (χ3v) is 7.90. The van der Waals surface area contributed by atoms with Crippen molar-refractivity contribution in [3.05, 3.63) is 95.6 Å². The summed E-state index contributed by atoms with van der Waals surface area (Å²) in [6, 6.07) is 23.3. The minimum Gasteiger partial charge on any atom is -0.480 e. The van der Waals surface area contributed by atoms with Gasteiger partial charge in [0.25, 0.3) is 0 Å². The zero-order valence-electron chi connectivity index (χ0n) is 22.3. The van der Waals surface area contributed by atoms with Crippen LogP contribution in [0.3, 0.4) is 0 Å². The number of aliphatic carboxylic acids is 1. The molecule has 0 aliphatic heterocycles. The van der Waals surface area contributed by atoms with Gasteiger partial charge >= 0.3 is 12.1 Å². The van der Waals surface area contributed by atoms with E-state index in [9.17, 15) is 19.5 Å². The van der Waals surface area contributed by atoms with Crippen molar-refractivity contribution in [1.82, 2.24) is 10.6 Å². The Labute approximate surface area is 233 Å².